The Kier molecular flexibility index (Phi) is 3.23. The third-order valence-corrected chi connectivity index (χ3v) is 3.08. The van der Waals surface area contributed by atoms with Crippen molar-refractivity contribution in [3.63, 3.8) is 0 Å². The first-order valence-corrected chi connectivity index (χ1v) is 6.06. The van der Waals surface area contributed by atoms with Crippen molar-refractivity contribution in [3.05, 3.63) is 33.6 Å². The molecule has 108 valence electrons. The molecule has 0 radical (unpaired) electrons. The predicted octanol–water partition coefficient (Wildman–Crippen LogP) is 1.25. The van der Waals surface area contributed by atoms with Gasteiger partial charge in [0.25, 0.3) is 0 Å². The number of nitrogens with zero attached hydrogens (tertiary/aromatic N) is 6. The smallest absolute Gasteiger partial charge is 0.331 e. The van der Waals surface area contributed by atoms with Crippen LogP contribution in [-0.4, -0.2) is 41.7 Å². The van der Waals surface area contributed by atoms with Crippen LogP contribution in [0.15, 0.2) is 12.7 Å². The van der Waals surface area contributed by atoms with E-state index in [9.17, 15) is 10.1 Å². The van der Waals surface area contributed by atoms with Crippen LogP contribution in [0.2, 0.25) is 5.15 Å². The molecule has 0 atom stereocenters. The fraction of sp³-hybridized carbons (Fsp3) is 0.200. The van der Waals surface area contributed by atoms with E-state index >= 15 is 0 Å². The summed E-state index contributed by atoms with van der Waals surface area (Å²) >= 11 is 6.07. The topological polar surface area (TPSA) is 125 Å². The van der Waals surface area contributed by atoms with Gasteiger partial charge in [-0.2, -0.15) is 9.78 Å². The van der Waals surface area contributed by atoms with Crippen LogP contribution < -0.4 is 0 Å². The number of aromatic nitrogens is 6. The number of ether oxygens (including phenoxy) is 1. The summed E-state index contributed by atoms with van der Waals surface area (Å²) in [5.41, 5.74) is 0.673. The number of nitro groups is 1. The van der Waals surface area contributed by atoms with Crippen molar-refractivity contribution in [2.45, 2.75) is 6.61 Å². The van der Waals surface area contributed by atoms with E-state index < -0.39 is 4.92 Å². The molecule has 0 saturated heterocycles. The van der Waals surface area contributed by atoms with Crippen LogP contribution in [0.25, 0.3) is 17.0 Å². The maximum absolute atomic E-state index is 11.1. The number of imidazole rings is 1. The third kappa shape index (κ3) is 2.10. The Morgan fingerprint density at radius 1 is 1.48 bits per heavy atom. The van der Waals surface area contributed by atoms with Crippen molar-refractivity contribution in [3.8, 4) is 5.82 Å². The van der Waals surface area contributed by atoms with E-state index in [0.29, 0.717) is 11.2 Å². The Labute approximate surface area is 121 Å². The van der Waals surface area contributed by atoms with Gasteiger partial charge in [0.05, 0.1) is 17.9 Å². The molecule has 0 fully saturated rings. The zero-order valence-electron chi connectivity index (χ0n) is 10.6. The SMILES string of the molecule is COCc1nn(-c2ncnc3nc[nH]c23)c(Cl)c1[N+](=O)[O-]. The van der Waals surface area contributed by atoms with Gasteiger partial charge in [0.1, 0.15) is 11.8 Å². The molecule has 11 heteroatoms. The number of H-pyrrole nitrogens is 1. The van der Waals surface area contributed by atoms with Gasteiger partial charge in [-0.05, 0) is 0 Å². The van der Waals surface area contributed by atoms with Gasteiger partial charge >= 0.3 is 5.69 Å². The summed E-state index contributed by atoms with van der Waals surface area (Å²) in [6, 6.07) is 0. The van der Waals surface area contributed by atoms with Crippen LogP contribution in [0.3, 0.4) is 0 Å². The van der Waals surface area contributed by atoms with Gasteiger partial charge in [0.15, 0.2) is 17.2 Å². The van der Waals surface area contributed by atoms with E-state index in [1.165, 1.54) is 19.8 Å². The lowest BCUT2D eigenvalue weighted by atomic mass is 10.4. The minimum absolute atomic E-state index is 0.0414. The van der Waals surface area contributed by atoms with Crippen LogP contribution in [0.5, 0.6) is 0 Å². The first-order valence-electron chi connectivity index (χ1n) is 5.68. The van der Waals surface area contributed by atoms with Crippen LogP contribution in [0, 0.1) is 10.1 Å². The van der Waals surface area contributed by atoms with Gasteiger partial charge in [-0.1, -0.05) is 11.6 Å². The highest BCUT2D eigenvalue weighted by Gasteiger charge is 2.28. The minimum atomic E-state index is -0.606. The van der Waals surface area contributed by atoms with Gasteiger partial charge in [0.2, 0.25) is 5.15 Å². The molecule has 21 heavy (non-hydrogen) atoms. The average molecular weight is 310 g/mol. The first kappa shape index (κ1) is 13.4. The van der Waals surface area contributed by atoms with Crippen molar-refractivity contribution in [1.82, 2.24) is 29.7 Å². The number of aromatic amines is 1. The molecule has 0 bridgehead atoms. The lowest BCUT2D eigenvalue weighted by Gasteiger charge is -2.01. The highest BCUT2D eigenvalue weighted by Crippen LogP contribution is 2.31. The van der Waals surface area contributed by atoms with Crippen LogP contribution in [0.4, 0.5) is 5.69 Å². The van der Waals surface area contributed by atoms with E-state index in [1.54, 1.807) is 0 Å². The molecule has 0 aromatic carbocycles. The molecule has 3 heterocycles. The van der Waals surface area contributed by atoms with Crippen molar-refractivity contribution >= 4 is 28.5 Å². The number of hydrogen-bond donors (Lipinski definition) is 1. The highest BCUT2D eigenvalue weighted by atomic mass is 35.5. The van der Waals surface area contributed by atoms with Gasteiger partial charge in [0, 0.05) is 7.11 Å². The average Bonchev–Trinajstić information content (AvgIpc) is 3.03. The summed E-state index contributed by atoms with van der Waals surface area (Å²) in [5.74, 6) is 0.271. The van der Waals surface area contributed by atoms with Crippen molar-refractivity contribution in [1.29, 1.82) is 0 Å². The van der Waals surface area contributed by atoms with Crippen LogP contribution in [-0.2, 0) is 11.3 Å². The van der Waals surface area contributed by atoms with Crippen molar-refractivity contribution < 1.29 is 9.66 Å². The first-order chi connectivity index (χ1) is 10.1. The number of fused-ring (bicyclic) bond motifs is 1. The summed E-state index contributed by atoms with van der Waals surface area (Å²) in [6.07, 6.45) is 2.71. The minimum Gasteiger partial charge on any atom is -0.378 e. The summed E-state index contributed by atoms with van der Waals surface area (Å²) in [6.45, 7) is -0.0414. The van der Waals surface area contributed by atoms with Gasteiger partial charge < -0.3 is 9.72 Å². The van der Waals surface area contributed by atoms with Crippen molar-refractivity contribution in [2.75, 3.05) is 7.11 Å². The normalized spacial score (nSPS) is 11.1. The highest BCUT2D eigenvalue weighted by molar-refractivity contribution is 6.32. The Morgan fingerprint density at radius 3 is 3.00 bits per heavy atom. The fourth-order valence-electron chi connectivity index (χ4n) is 1.90. The molecule has 0 amide bonds. The second-order valence-corrected chi connectivity index (χ2v) is 4.34. The molecule has 3 rings (SSSR count). The van der Waals surface area contributed by atoms with Crippen LogP contribution >= 0.6 is 11.6 Å². The Bertz CT molecular complexity index is 827. The lowest BCUT2D eigenvalue weighted by Crippen LogP contribution is -2.02. The number of halogens is 1. The summed E-state index contributed by atoms with van der Waals surface area (Å²) < 4.78 is 6.07. The van der Waals surface area contributed by atoms with E-state index in [2.05, 4.69) is 25.0 Å². The summed E-state index contributed by atoms with van der Waals surface area (Å²) in [7, 11) is 1.41. The van der Waals surface area contributed by atoms with Crippen molar-refractivity contribution in [2.24, 2.45) is 0 Å². The summed E-state index contributed by atoms with van der Waals surface area (Å²) in [4.78, 5) is 25.4. The molecule has 0 saturated carbocycles. The van der Waals surface area contributed by atoms with E-state index in [-0.39, 0.29) is 29.0 Å². The Balaban J connectivity index is 2.25. The molecule has 3 aromatic rings. The molecule has 10 nitrogen and oxygen atoms in total. The maximum atomic E-state index is 11.1. The van der Waals surface area contributed by atoms with Gasteiger partial charge in [-0.15, -0.1) is 0 Å². The summed E-state index contributed by atoms with van der Waals surface area (Å²) in [5, 5.41) is 15.1. The largest absolute Gasteiger partial charge is 0.378 e. The van der Waals surface area contributed by atoms with Gasteiger partial charge in [-0.3, -0.25) is 10.1 Å². The molecule has 3 aromatic heterocycles. The standard InChI is InChI=1S/C10H8ClN7O3/c1-21-2-5-7(18(19)20)8(11)17(16-5)10-6-9(13-3-12-6)14-4-15-10/h3-4H,2H2,1H3,(H,12,13,14,15). The molecule has 0 spiro atoms. The van der Waals surface area contributed by atoms with Crippen LogP contribution in [0.1, 0.15) is 5.69 Å². The Morgan fingerprint density at radius 2 is 2.29 bits per heavy atom. The molecule has 0 aliphatic rings. The second kappa shape index (κ2) is 5.07. The zero-order chi connectivity index (χ0) is 15.0. The predicted molar refractivity (Wildman–Crippen MR) is 71.2 cm³/mol. The van der Waals surface area contributed by atoms with E-state index in [1.807, 2.05) is 0 Å². The molecular formula is C10H8ClN7O3. The third-order valence-electron chi connectivity index (χ3n) is 2.74. The maximum Gasteiger partial charge on any atom is 0.331 e. The monoisotopic (exact) mass is 309 g/mol. The molecule has 1 N–H and O–H groups in total. The van der Waals surface area contributed by atoms with Gasteiger partial charge in [-0.25, -0.2) is 15.0 Å². The number of hydrogen-bond acceptors (Lipinski definition) is 7. The molecule has 0 unspecified atom stereocenters. The number of methoxy groups -OCH3 is 1. The lowest BCUT2D eigenvalue weighted by molar-refractivity contribution is -0.385. The fourth-order valence-corrected chi connectivity index (χ4v) is 2.20. The molecule has 0 aliphatic heterocycles. The van der Waals surface area contributed by atoms with E-state index in [0.717, 1.165) is 4.68 Å². The quantitative estimate of drug-likeness (QED) is 0.567. The zero-order valence-corrected chi connectivity index (χ0v) is 11.4. The molecule has 0 aliphatic carbocycles. The molecular weight excluding hydrogens is 302 g/mol. The second-order valence-electron chi connectivity index (χ2n) is 3.99. The Hall–Kier alpha value is -2.59. The number of rotatable bonds is 4. The number of nitrogens with one attached hydrogen (secondary N) is 1. The van der Waals surface area contributed by atoms with E-state index in [4.69, 9.17) is 16.3 Å².